The summed E-state index contributed by atoms with van der Waals surface area (Å²) in [6.45, 7) is 7.05. The number of methoxy groups -OCH3 is 1. The fourth-order valence-electron chi connectivity index (χ4n) is 1.75. The van der Waals surface area contributed by atoms with Gasteiger partial charge in [0, 0.05) is 18.7 Å². The van der Waals surface area contributed by atoms with E-state index in [0.717, 1.165) is 0 Å². The van der Waals surface area contributed by atoms with Crippen LogP contribution in [0.25, 0.3) is 0 Å². The molecule has 0 aliphatic carbocycles. The van der Waals surface area contributed by atoms with Crippen molar-refractivity contribution in [3.05, 3.63) is 23.2 Å². The molecule has 0 saturated carbocycles. The maximum atomic E-state index is 10.8. The molecule has 2 N–H and O–H groups in total. The summed E-state index contributed by atoms with van der Waals surface area (Å²) >= 11 is 0. The molecule has 1 atom stereocenters. The smallest absolute Gasteiger partial charge is 0.372 e. The van der Waals surface area contributed by atoms with E-state index in [4.69, 9.17) is 14.3 Å². The third kappa shape index (κ3) is 3.85. The molecule has 1 unspecified atom stereocenters. The van der Waals surface area contributed by atoms with E-state index in [1.807, 2.05) is 0 Å². The molecule has 1 aromatic heterocycles. The number of furan rings is 1. The molecular weight excluding hydrogens is 234 g/mol. The number of aromatic carboxylic acids is 1. The highest BCUT2D eigenvalue weighted by molar-refractivity contribution is 5.86. The van der Waals surface area contributed by atoms with E-state index in [0.29, 0.717) is 30.4 Å². The van der Waals surface area contributed by atoms with Gasteiger partial charge in [0.1, 0.15) is 5.76 Å². The third-order valence-electron chi connectivity index (χ3n) is 2.85. The van der Waals surface area contributed by atoms with Crippen molar-refractivity contribution >= 4 is 5.97 Å². The van der Waals surface area contributed by atoms with Gasteiger partial charge in [-0.2, -0.15) is 0 Å². The monoisotopic (exact) mass is 255 g/mol. The fourth-order valence-corrected chi connectivity index (χ4v) is 1.75. The molecule has 1 aromatic rings. The van der Waals surface area contributed by atoms with Crippen molar-refractivity contribution in [2.24, 2.45) is 5.92 Å². The summed E-state index contributed by atoms with van der Waals surface area (Å²) in [5.41, 5.74) is 0.645. The van der Waals surface area contributed by atoms with Crippen molar-refractivity contribution in [2.45, 2.75) is 33.4 Å². The lowest BCUT2D eigenvalue weighted by molar-refractivity contribution is 0.0658. The molecule has 0 radical (unpaired) electrons. The van der Waals surface area contributed by atoms with Crippen molar-refractivity contribution in [3.8, 4) is 0 Å². The summed E-state index contributed by atoms with van der Waals surface area (Å²) in [5.74, 6) is 0.0438. The maximum Gasteiger partial charge on any atom is 0.372 e. The minimum atomic E-state index is -1.03. The molecule has 5 nitrogen and oxygen atoms in total. The Kier molecular flexibility index (Phi) is 5.37. The number of carboxylic acids is 1. The van der Waals surface area contributed by atoms with Crippen LogP contribution in [0.4, 0.5) is 0 Å². The van der Waals surface area contributed by atoms with Crippen molar-refractivity contribution in [3.63, 3.8) is 0 Å². The number of carboxylic acid groups (broad SMARTS) is 1. The van der Waals surface area contributed by atoms with Crippen LogP contribution >= 0.6 is 0 Å². The average molecular weight is 255 g/mol. The van der Waals surface area contributed by atoms with Crippen molar-refractivity contribution in [2.75, 3.05) is 13.7 Å². The van der Waals surface area contributed by atoms with Gasteiger partial charge in [-0.1, -0.05) is 13.8 Å². The van der Waals surface area contributed by atoms with Gasteiger partial charge in [-0.15, -0.1) is 0 Å². The zero-order valence-corrected chi connectivity index (χ0v) is 11.3. The van der Waals surface area contributed by atoms with E-state index in [1.54, 1.807) is 20.1 Å². The Morgan fingerprint density at radius 1 is 1.56 bits per heavy atom. The molecule has 18 heavy (non-hydrogen) atoms. The zero-order valence-electron chi connectivity index (χ0n) is 11.3. The van der Waals surface area contributed by atoms with Crippen LogP contribution < -0.4 is 5.32 Å². The molecule has 0 spiro atoms. The number of carbonyl (C=O) groups is 1. The molecule has 1 rings (SSSR count). The number of hydrogen-bond acceptors (Lipinski definition) is 4. The van der Waals surface area contributed by atoms with E-state index < -0.39 is 5.97 Å². The van der Waals surface area contributed by atoms with E-state index in [2.05, 4.69) is 19.2 Å². The molecule has 0 aliphatic rings. The Labute approximate surface area is 107 Å². The first-order chi connectivity index (χ1) is 8.45. The lowest BCUT2D eigenvalue weighted by Gasteiger charge is -2.20. The standard InChI is InChI=1S/C13H21NO4/c1-8(2)11(7-17-4)14-6-10-5-9(3)12(18-10)13(15)16/h5,8,11,14H,6-7H2,1-4H3,(H,15,16). The van der Waals surface area contributed by atoms with Crippen LogP contribution in [0.1, 0.15) is 35.7 Å². The van der Waals surface area contributed by atoms with E-state index in [9.17, 15) is 4.79 Å². The van der Waals surface area contributed by atoms with Gasteiger partial charge in [0.25, 0.3) is 0 Å². The number of hydrogen-bond donors (Lipinski definition) is 2. The Balaban J connectivity index is 2.62. The lowest BCUT2D eigenvalue weighted by Crippen LogP contribution is -2.37. The van der Waals surface area contributed by atoms with Crippen molar-refractivity contribution in [1.82, 2.24) is 5.32 Å². The van der Waals surface area contributed by atoms with Gasteiger partial charge in [0.2, 0.25) is 5.76 Å². The van der Waals surface area contributed by atoms with Crippen LogP contribution in [0, 0.1) is 12.8 Å². The van der Waals surface area contributed by atoms with Crippen LogP contribution in [0.3, 0.4) is 0 Å². The predicted octanol–water partition coefficient (Wildman–Crippen LogP) is 2.05. The molecule has 0 aliphatic heterocycles. The minimum absolute atomic E-state index is 0.0136. The van der Waals surface area contributed by atoms with Crippen molar-refractivity contribution in [1.29, 1.82) is 0 Å². The lowest BCUT2D eigenvalue weighted by atomic mass is 10.1. The molecule has 0 aromatic carbocycles. The quantitative estimate of drug-likeness (QED) is 0.780. The second-order valence-electron chi connectivity index (χ2n) is 4.72. The van der Waals surface area contributed by atoms with Crippen LogP contribution in [-0.4, -0.2) is 30.8 Å². The number of rotatable bonds is 7. The summed E-state index contributed by atoms with van der Waals surface area (Å²) < 4.78 is 10.4. The van der Waals surface area contributed by atoms with Gasteiger partial charge in [0.15, 0.2) is 0 Å². The SMILES string of the molecule is COCC(NCc1cc(C)c(C(=O)O)o1)C(C)C. The average Bonchev–Trinajstić information content (AvgIpc) is 2.65. The Hall–Kier alpha value is -1.33. The minimum Gasteiger partial charge on any atom is -0.475 e. The molecular formula is C13H21NO4. The second kappa shape index (κ2) is 6.56. The molecule has 5 heteroatoms. The molecule has 102 valence electrons. The van der Waals surface area contributed by atoms with Crippen LogP contribution in [-0.2, 0) is 11.3 Å². The van der Waals surface area contributed by atoms with E-state index in [1.165, 1.54) is 0 Å². The van der Waals surface area contributed by atoms with Crippen LogP contribution in [0.2, 0.25) is 0 Å². The largest absolute Gasteiger partial charge is 0.475 e. The fraction of sp³-hybridized carbons (Fsp3) is 0.615. The van der Waals surface area contributed by atoms with Crippen LogP contribution in [0.15, 0.2) is 10.5 Å². The van der Waals surface area contributed by atoms with Crippen LogP contribution in [0.5, 0.6) is 0 Å². The van der Waals surface area contributed by atoms with Gasteiger partial charge in [-0.25, -0.2) is 4.79 Å². The Morgan fingerprint density at radius 3 is 2.67 bits per heavy atom. The molecule has 0 amide bonds. The summed E-state index contributed by atoms with van der Waals surface area (Å²) in [7, 11) is 1.66. The van der Waals surface area contributed by atoms with Gasteiger partial charge in [0.05, 0.1) is 13.2 Å². The first-order valence-electron chi connectivity index (χ1n) is 6.00. The van der Waals surface area contributed by atoms with Crippen molar-refractivity contribution < 1.29 is 19.1 Å². The van der Waals surface area contributed by atoms with E-state index >= 15 is 0 Å². The predicted molar refractivity (Wildman–Crippen MR) is 67.7 cm³/mol. The van der Waals surface area contributed by atoms with Gasteiger partial charge >= 0.3 is 5.97 Å². The van der Waals surface area contributed by atoms with Gasteiger partial charge in [-0.05, 0) is 18.9 Å². The van der Waals surface area contributed by atoms with Gasteiger partial charge in [-0.3, -0.25) is 0 Å². The summed E-state index contributed by atoms with van der Waals surface area (Å²) in [6, 6.07) is 1.97. The summed E-state index contributed by atoms with van der Waals surface area (Å²) in [5, 5.41) is 12.2. The highest BCUT2D eigenvalue weighted by Gasteiger charge is 2.16. The number of aryl methyl sites for hydroxylation is 1. The number of ether oxygens (including phenoxy) is 1. The topological polar surface area (TPSA) is 71.7 Å². The first-order valence-corrected chi connectivity index (χ1v) is 6.00. The zero-order chi connectivity index (χ0) is 13.7. The maximum absolute atomic E-state index is 10.8. The summed E-state index contributed by atoms with van der Waals surface area (Å²) in [6.07, 6.45) is 0. The second-order valence-corrected chi connectivity index (χ2v) is 4.72. The normalized spacial score (nSPS) is 12.9. The third-order valence-corrected chi connectivity index (χ3v) is 2.85. The Morgan fingerprint density at radius 2 is 2.22 bits per heavy atom. The molecule has 0 bridgehead atoms. The van der Waals surface area contributed by atoms with Gasteiger partial charge < -0.3 is 19.6 Å². The molecule has 0 fully saturated rings. The first kappa shape index (κ1) is 14.7. The number of nitrogens with one attached hydrogen (secondary N) is 1. The summed E-state index contributed by atoms with van der Waals surface area (Å²) in [4.78, 5) is 10.8. The highest BCUT2D eigenvalue weighted by atomic mass is 16.5. The molecule has 1 heterocycles. The highest BCUT2D eigenvalue weighted by Crippen LogP contribution is 2.15. The van der Waals surface area contributed by atoms with E-state index in [-0.39, 0.29) is 11.8 Å². The molecule has 0 saturated heterocycles. The Bertz CT molecular complexity index is 398.